The van der Waals surface area contributed by atoms with E-state index < -0.39 is 0 Å². The number of furan rings is 1. The maximum absolute atomic E-state index is 12.6. The fourth-order valence-electron chi connectivity index (χ4n) is 3.06. The van der Waals surface area contributed by atoms with Crippen LogP contribution in [0.2, 0.25) is 5.02 Å². The molecule has 1 amide bonds. The largest absolute Gasteiger partial charge is 0.451 e. The lowest BCUT2D eigenvalue weighted by Gasteiger charge is -2.22. The molecule has 5 heteroatoms. The molecule has 0 aliphatic carbocycles. The molecule has 112 valence electrons. The van der Waals surface area contributed by atoms with Crippen molar-refractivity contribution in [2.24, 2.45) is 5.92 Å². The summed E-state index contributed by atoms with van der Waals surface area (Å²) in [5, 5.41) is 1.51. The van der Waals surface area contributed by atoms with Crippen LogP contribution in [0.1, 0.15) is 17.5 Å². The Labute approximate surface area is 129 Å². The molecule has 21 heavy (non-hydrogen) atoms. The van der Waals surface area contributed by atoms with Gasteiger partial charge in [0.2, 0.25) is 0 Å². The van der Waals surface area contributed by atoms with Gasteiger partial charge in [-0.05, 0) is 44.3 Å². The van der Waals surface area contributed by atoms with Gasteiger partial charge in [-0.25, -0.2) is 0 Å². The van der Waals surface area contributed by atoms with E-state index in [1.54, 1.807) is 18.2 Å². The standard InChI is InChI=1S/C16H19ClN2O2/c1-10-8-19(9-13(10)18(2)3)16(20)15-7-11-6-12(17)4-5-14(11)21-15/h4-7,10,13H,8-9H2,1-3H3. The average Bonchev–Trinajstić information content (AvgIpc) is 3.00. The van der Waals surface area contributed by atoms with Gasteiger partial charge in [0, 0.05) is 29.5 Å². The molecule has 2 aromatic rings. The van der Waals surface area contributed by atoms with Gasteiger partial charge in [-0.15, -0.1) is 0 Å². The zero-order valence-corrected chi connectivity index (χ0v) is 13.2. The van der Waals surface area contributed by atoms with Gasteiger partial charge in [0.05, 0.1) is 0 Å². The van der Waals surface area contributed by atoms with Crippen LogP contribution in [0.3, 0.4) is 0 Å². The van der Waals surface area contributed by atoms with Crippen LogP contribution in [0.15, 0.2) is 28.7 Å². The zero-order valence-electron chi connectivity index (χ0n) is 12.5. The molecule has 1 aliphatic heterocycles. The van der Waals surface area contributed by atoms with Crippen LogP contribution in [0.4, 0.5) is 0 Å². The highest BCUT2D eigenvalue weighted by atomic mass is 35.5. The molecule has 2 heterocycles. The van der Waals surface area contributed by atoms with Gasteiger partial charge >= 0.3 is 0 Å². The van der Waals surface area contributed by atoms with Crippen LogP contribution in [0, 0.1) is 5.92 Å². The number of carbonyl (C=O) groups excluding carboxylic acids is 1. The highest BCUT2D eigenvalue weighted by molar-refractivity contribution is 6.31. The molecular formula is C16H19ClN2O2. The average molecular weight is 307 g/mol. The molecule has 1 fully saturated rings. The Hall–Kier alpha value is -1.52. The van der Waals surface area contributed by atoms with Crippen LogP contribution >= 0.6 is 11.6 Å². The number of likely N-dealkylation sites (tertiary alicyclic amines) is 1. The molecule has 0 radical (unpaired) electrons. The van der Waals surface area contributed by atoms with Crippen molar-refractivity contribution < 1.29 is 9.21 Å². The second-order valence-electron chi connectivity index (χ2n) is 6.01. The third-order valence-electron chi connectivity index (χ3n) is 4.21. The van der Waals surface area contributed by atoms with Crippen LogP contribution in [0.5, 0.6) is 0 Å². The van der Waals surface area contributed by atoms with Gasteiger partial charge in [-0.3, -0.25) is 4.79 Å². The lowest BCUT2D eigenvalue weighted by Crippen LogP contribution is -2.35. The molecule has 2 atom stereocenters. The normalized spacial score (nSPS) is 22.4. The van der Waals surface area contributed by atoms with Gasteiger partial charge in [0.15, 0.2) is 5.76 Å². The predicted octanol–water partition coefficient (Wildman–Crippen LogP) is 3.11. The molecule has 1 saturated heterocycles. The van der Waals surface area contributed by atoms with Crippen molar-refractivity contribution >= 4 is 28.5 Å². The number of hydrogen-bond acceptors (Lipinski definition) is 3. The van der Waals surface area contributed by atoms with Gasteiger partial charge in [-0.1, -0.05) is 18.5 Å². The molecule has 1 aromatic heterocycles. The van der Waals surface area contributed by atoms with Crippen molar-refractivity contribution in [3.8, 4) is 0 Å². The number of amides is 1. The SMILES string of the molecule is CC1CN(C(=O)c2cc3cc(Cl)ccc3o2)CC1N(C)C. The number of likely N-dealkylation sites (N-methyl/N-ethyl adjacent to an activating group) is 1. The van der Waals surface area contributed by atoms with E-state index in [1.807, 2.05) is 11.0 Å². The maximum atomic E-state index is 12.6. The first-order valence-electron chi connectivity index (χ1n) is 7.10. The van der Waals surface area contributed by atoms with E-state index in [9.17, 15) is 4.79 Å². The summed E-state index contributed by atoms with van der Waals surface area (Å²) in [5.41, 5.74) is 0.694. The molecule has 0 bridgehead atoms. The third-order valence-corrected chi connectivity index (χ3v) is 4.45. The molecule has 0 saturated carbocycles. The second kappa shape index (κ2) is 5.35. The molecule has 1 aromatic carbocycles. The number of carbonyl (C=O) groups is 1. The van der Waals surface area contributed by atoms with Gasteiger partial charge in [0.1, 0.15) is 5.58 Å². The van der Waals surface area contributed by atoms with Crippen molar-refractivity contribution in [3.63, 3.8) is 0 Å². The fourth-order valence-corrected chi connectivity index (χ4v) is 3.24. The van der Waals surface area contributed by atoms with E-state index in [-0.39, 0.29) is 5.91 Å². The first kappa shape index (κ1) is 14.4. The minimum Gasteiger partial charge on any atom is -0.451 e. The first-order valence-corrected chi connectivity index (χ1v) is 7.48. The van der Waals surface area contributed by atoms with E-state index >= 15 is 0 Å². The van der Waals surface area contributed by atoms with Crippen molar-refractivity contribution in [3.05, 3.63) is 35.0 Å². The molecule has 0 N–H and O–H groups in total. The quantitative estimate of drug-likeness (QED) is 0.855. The Morgan fingerprint density at radius 3 is 2.76 bits per heavy atom. The van der Waals surface area contributed by atoms with Crippen molar-refractivity contribution in [1.82, 2.24) is 9.80 Å². The lowest BCUT2D eigenvalue weighted by atomic mass is 10.1. The first-order chi connectivity index (χ1) is 9.95. The Kier molecular flexibility index (Phi) is 3.68. The van der Waals surface area contributed by atoms with E-state index in [1.165, 1.54) is 0 Å². The second-order valence-corrected chi connectivity index (χ2v) is 6.45. The Balaban J connectivity index is 1.84. The van der Waals surface area contributed by atoms with Crippen LogP contribution in [-0.4, -0.2) is 48.9 Å². The smallest absolute Gasteiger partial charge is 0.289 e. The lowest BCUT2D eigenvalue weighted by molar-refractivity contribution is 0.0752. The highest BCUT2D eigenvalue weighted by Crippen LogP contribution is 2.26. The molecule has 0 spiro atoms. The van der Waals surface area contributed by atoms with Crippen molar-refractivity contribution in [2.75, 3.05) is 27.2 Å². The van der Waals surface area contributed by atoms with Gasteiger partial charge in [0.25, 0.3) is 5.91 Å². The fraction of sp³-hybridized carbons (Fsp3) is 0.438. The number of fused-ring (bicyclic) bond motifs is 1. The molecule has 4 nitrogen and oxygen atoms in total. The number of halogens is 1. The van der Waals surface area contributed by atoms with E-state index in [4.69, 9.17) is 16.0 Å². The van der Waals surface area contributed by atoms with E-state index in [0.717, 1.165) is 18.5 Å². The zero-order chi connectivity index (χ0) is 15.1. The van der Waals surface area contributed by atoms with Crippen LogP contribution in [0.25, 0.3) is 11.0 Å². The summed E-state index contributed by atoms with van der Waals surface area (Å²) < 4.78 is 5.66. The summed E-state index contributed by atoms with van der Waals surface area (Å²) in [6.07, 6.45) is 0. The van der Waals surface area contributed by atoms with Crippen LogP contribution < -0.4 is 0 Å². The summed E-state index contributed by atoms with van der Waals surface area (Å²) in [6.45, 7) is 3.68. The van der Waals surface area contributed by atoms with E-state index in [0.29, 0.717) is 28.3 Å². The minimum absolute atomic E-state index is 0.0430. The Bertz CT molecular complexity index is 680. The van der Waals surface area contributed by atoms with Crippen molar-refractivity contribution in [1.29, 1.82) is 0 Å². The van der Waals surface area contributed by atoms with Gasteiger partial charge in [-0.2, -0.15) is 0 Å². The molecular weight excluding hydrogens is 288 g/mol. The predicted molar refractivity (Wildman–Crippen MR) is 83.8 cm³/mol. The Morgan fingerprint density at radius 2 is 2.10 bits per heavy atom. The topological polar surface area (TPSA) is 36.7 Å². The molecule has 3 rings (SSSR count). The molecule has 2 unspecified atom stereocenters. The number of nitrogens with zero attached hydrogens (tertiary/aromatic N) is 2. The summed E-state index contributed by atoms with van der Waals surface area (Å²) >= 11 is 5.97. The summed E-state index contributed by atoms with van der Waals surface area (Å²) in [6, 6.07) is 7.54. The van der Waals surface area contributed by atoms with Crippen molar-refractivity contribution in [2.45, 2.75) is 13.0 Å². The Morgan fingerprint density at radius 1 is 1.33 bits per heavy atom. The monoisotopic (exact) mass is 306 g/mol. The maximum Gasteiger partial charge on any atom is 0.289 e. The number of benzene rings is 1. The summed E-state index contributed by atoms with van der Waals surface area (Å²) in [4.78, 5) is 16.6. The third kappa shape index (κ3) is 2.65. The van der Waals surface area contributed by atoms with Crippen LogP contribution in [-0.2, 0) is 0 Å². The highest BCUT2D eigenvalue weighted by Gasteiger charge is 2.35. The van der Waals surface area contributed by atoms with E-state index in [2.05, 4.69) is 25.9 Å². The summed E-state index contributed by atoms with van der Waals surface area (Å²) in [7, 11) is 4.11. The molecule has 1 aliphatic rings. The van der Waals surface area contributed by atoms with Gasteiger partial charge < -0.3 is 14.2 Å². The number of hydrogen-bond donors (Lipinski definition) is 0. The minimum atomic E-state index is -0.0430. The summed E-state index contributed by atoms with van der Waals surface area (Å²) in [5.74, 6) is 0.806. The number of rotatable bonds is 2.